The quantitative estimate of drug-likeness (QED) is 0.0397. The van der Waals surface area contributed by atoms with Crippen molar-refractivity contribution in [3.8, 4) is 0 Å². The van der Waals surface area contributed by atoms with Gasteiger partial charge in [-0.15, -0.1) is 0 Å². The minimum Gasteiger partial charge on any atom is -0.462 e. The number of H-pyrrole nitrogens is 5. The lowest BCUT2D eigenvalue weighted by atomic mass is 9.90. The number of para-hydroxylation sites is 1. The second kappa shape index (κ2) is 34.3. The highest BCUT2D eigenvalue weighted by molar-refractivity contribution is 5.96. The van der Waals surface area contributed by atoms with Crippen LogP contribution in [0.4, 0.5) is 17.1 Å². The molecule has 113 heavy (non-hydrogen) atoms. The average molecular weight is 1500 g/mol. The number of aromatic nitrogens is 5. The molecule has 0 fully saturated rings. The summed E-state index contributed by atoms with van der Waals surface area (Å²) in [5.74, 6) is -0.130. The van der Waals surface area contributed by atoms with Crippen LogP contribution in [0.5, 0.6) is 0 Å². The molecule has 0 spiro atoms. The average Bonchev–Trinajstić information content (AvgIpc) is 1.66. The first-order valence-corrected chi connectivity index (χ1v) is 41.2. The van der Waals surface area contributed by atoms with Crippen LogP contribution in [0, 0.1) is 41.5 Å². The summed E-state index contributed by atoms with van der Waals surface area (Å²) < 4.78 is 5.20. The van der Waals surface area contributed by atoms with E-state index in [4.69, 9.17) is 4.74 Å². The van der Waals surface area contributed by atoms with E-state index < -0.39 is 0 Å². The van der Waals surface area contributed by atoms with Gasteiger partial charge >= 0.3 is 5.97 Å². The third-order valence-electron chi connectivity index (χ3n) is 23.7. The molecule has 5 heterocycles. The summed E-state index contributed by atoms with van der Waals surface area (Å²) in [5, 5.41) is 24.6. The van der Waals surface area contributed by atoms with Crippen LogP contribution < -0.4 is 26.6 Å². The molecule has 14 nitrogen and oxygen atoms in total. The van der Waals surface area contributed by atoms with Crippen molar-refractivity contribution in [2.75, 3.05) is 22.6 Å². The first-order valence-electron chi connectivity index (χ1n) is 41.2. The Morgan fingerprint density at radius 2 is 0.726 bits per heavy atom. The van der Waals surface area contributed by atoms with E-state index in [0.29, 0.717) is 36.3 Å². The number of ether oxygens (including phenoxy) is 1. The van der Waals surface area contributed by atoms with Crippen molar-refractivity contribution in [2.24, 2.45) is 0 Å². The number of carbonyl (C=O) groups excluding carboxylic acids is 3. The summed E-state index contributed by atoms with van der Waals surface area (Å²) in [4.78, 5) is 53.0. The fourth-order valence-corrected chi connectivity index (χ4v) is 18.0. The lowest BCUT2D eigenvalue weighted by molar-refractivity contribution is -0.119. The Hall–Kier alpha value is -11.4. The first kappa shape index (κ1) is 77.0. The number of carbonyl (C=O) groups is 3. The van der Waals surface area contributed by atoms with Crippen LogP contribution in [0.15, 0.2) is 194 Å². The van der Waals surface area contributed by atoms with Gasteiger partial charge in [-0.25, -0.2) is 4.79 Å². The second-order valence-electron chi connectivity index (χ2n) is 32.3. The molecule has 0 radical (unpaired) electrons. The largest absolute Gasteiger partial charge is 0.462 e. The highest BCUT2D eigenvalue weighted by atomic mass is 16.5. The van der Waals surface area contributed by atoms with Crippen LogP contribution in [0.25, 0.3) is 54.5 Å². The number of rotatable bonds is 13. The monoisotopic (exact) mass is 1500 g/mol. The van der Waals surface area contributed by atoms with E-state index in [-0.39, 0.29) is 29.7 Å². The number of amides is 1. The van der Waals surface area contributed by atoms with Crippen LogP contribution in [-0.2, 0) is 41.6 Å². The third-order valence-corrected chi connectivity index (χ3v) is 23.7. The Morgan fingerprint density at radius 1 is 0.389 bits per heavy atom. The lowest BCUT2D eigenvalue weighted by Gasteiger charge is -2.27. The molecule has 0 saturated carbocycles. The van der Waals surface area contributed by atoms with Gasteiger partial charge in [-0.05, 0) is 301 Å². The van der Waals surface area contributed by atoms with Crippen molar-refractivity contribution < 1.29 is 19.1 Å². The molecular formula is C99H110N10O4. The van der Waals surface area contributed by atoms with Crippen LogP contribution in [0.1, 0.15) is 244 Å². The molecule has 5 aliphatic carbocycles. The summed E-state index contributed by atoms with van der Waals surface area (Å²) in [5.41, 5.74) is 33.6. The zero-order valence-corrected chi connectivity index (χ0v) is 67.4. The second-order valence-corrected chi connectivity index (χ2v) is 32.3. The molecule has 9 aromatic carbocycles. The molecule has 14 aromatic rings. The van der Waals surface area contributed by atoms with Gasteiger partial charge in [-0.1, -0.05) is 118 Å². The number of ketones is 1. The Bertz CT molecular complexity index is 5730. The van der Waals surface area contributed by atoms with Crippen molar-refractivity contribution >= 4 is 89.2 Å². The molecule has 6 atom stereocenters. The van der Waals surface area contributed by atoms with Gasteiger partial charge in [0.2, 0.25) is 5.91 Å². The SMILES string of the molecule is CC(=O)NC1CCCc2c1[nH]c1ccc(C)cc21.CC(=O)c1ccc(NC2CCCc3c2[nH]c2ccc(C)cc32)cc1.CCOC(=O)c1ccccc1NC1CCCc2c1[nH]c1ccc(C)cc21.Cc1ccc(NC2CCCc3c2[nH]c2ccc(C)cc32)cc1.Cc1ccc2[nH]c3c(c2c1)CCCC3N[C@@H](C)c1ccccc1. The molecule has 580 valence electrons. The van der Waals surface area contributed by atoms with Crippen LogP contribution in [0.3, 0.4) is 0 Å². The van der Waals surface area contributed by atoms with Gasteiger partial charge in [-0.2, -0.15) is 0 Å². The molecule has 1 amide bonds. The standard InChI is InChI=1S/C22H24N2O2.C21H22N2O.C21H24N2.C20H22N2.C15H18N2O/c1-3-26-22(25)16-7-4-5-9-18(16)23-20-10-6-8-15-17-13-14(2)11-12-19(17)24-21(15)20;1-13-6-11-19-18(12-13)17-4-3-5-20(21(17)23-19)22-16-9-7-15(8-10-16)14(2)24;1-14-11-12-19-18(13-14)17-9-6-10-20(21(17)23-19)22-15(2)16-7-4-3-5-8-16;1-13-6-9-15(10-7-13)21-19-5-3-4-16-17-12-14(2)8-11-18(17)22-20(16)19;1-9-6-7-13-12(8-9)11-4-3-5-14(15(11)17-13)16-10(2)18/h4-5,7,9,11-13,20,23-24H,3,6,8,10H2,1-2H3;6-12,20,22-23H,3-5H2,1-2H3;3-5,7-8,11-13,15,20,22-23H,6,9-10H2,1-2H3;6-12,19,21-22H,3-5H2,1-2H3;6-8,14,17H,3-5H2,1-2H3,(H,16,18)/t;;15-,20?;;/m..0../s1. The van der Waals surface area contributed by atoms with Crippen molar-refractivity contribution in [3.05, 3.63) is 300 Å². The van der Waals surface area contributed by atoms with Gasteiger partial charge in [0.1, 0.15) is 0 Å². The predicted molar refractivity (Wildman–Crippen MR) is 466 cm³/mol. The van der Waals surface area contributed by atoms with Crippen LogP contribution in [-0.4, -0.2) is 49.2 Å². The topological polar surface area (TPSA) is 200 Å². The van der Waals surface area contributed by atoms with Crippen LogP contribution in [0.2, 0.25) is 0 Å². The summed E-state index contributed by atoms with van der Waals surface area (Å²) in [7, 11) is 0. The van der Waals surface area contributed by atoms with Crippen molar-refractivity contribution in [1.29, 1.82) is 0 Å². The number of esters is 1. The molecule has 19 rings (SSSR count). The highest BCUT2D eigenvalue weighted by Crippen LogP contribution is 2.43. The summed E-state index contributed by atoms with van der Waals surface area (Å²) in [6, 6.07) is 69.7. The maximum atomic E-state index is 12.3. The van der Waals surface area contributed by atoms with E-state index in [2.05, 4.69) is 246 Å². The van der Waals surface area contributed by atoms with Gasteiger partial charge in [0.25, 0.3) is 0 Å². The fraction of sp³-hybridized carbons (Fsp3) is 0.323. The van der Waals surface area contributed by atoms with Crippen LogP contribution >= 0.6 is 0 Å². The van der Waals surface area contributed by atoms with E-state index >= 15 is 0 Å². The lowest BCUT2D eigenvalue weighted by Crippen LogP contribution is -2.28. The van der Waals surface area contributed by atoms with Gasteiger partial charge < -0.3 is 56.2 Å². The third kappa shape index (κ3) is 17.3. The number of aryl methyl sites for hydroxylation is 11. The number of aromatic amines is 5. The molecule has 0 saturated heterocycles. The number of Topliss-reactive ketones (excluding diaryl/α,β-unsaturated/α-hetero) is 1. The normalized spacial score (nSPS) is 17.5. The molecule has 0 bridgehead atoms. The molecule has 10 N–H and O–H groups in total. The minimum atomic E-state index is -0.279. The van der Waals surface area contributed by atoms with Gasteiger partial charge in [-0.3, -0.25) is 9.59 Å². The van der Waals surface area contributed by atoms with E-state index in [0.717, 1.165) is 68.3 Å². The molecule has 5 aromatic heterocycles. The highest BCUT2D eigenvalue weighted by Gasteiger charge is 2.31. The number of benzene rings is 9. The van der Waals surface area contributed by atoms with Gasteiger partial charge in [0.05, 0.1) is 36.3 Å². The number of nitrogens with one attached hydrogen (secondary N) is 10. The number of fused-ring (bicyclic) bond motifs is 15. The van der Waals surface area contributed by atoms with Crippen molar-refractivity contribution in [3.63, 3.8) is 0 Å². The maximum absolute atomic E-state index is 12.3. The Labute approximate surface area is 664 Å². The smallest absolute Gasteiger partial charge is 0.340 e. The Morgan fingerprint density at radius 3 is 1.12 bits per heavy atom. The van der Waals surface area contributed by atoms with Crippen molar-refractivity contribution in [2.45, 2.75) is 202 Å². The van der Waals surface area contributed by atoms with Gasteiger partial charge in [0, 0.05) is 125 Å². The predicted octanol–water partition coefficient (Wildman–Crippen LogP) is 23.8. The zero-order chi connectivity index (χ0) is 78.4. The molecule has 14 heteroatoms. The van der Waals surface area contributed by atoms with E-state index in [1.807, 2.05) is 55.5 Å². The number of anilines is 3. The summed E-state index contributed by atoms with van der Waals surface area (Å²) in [6.07, 6.45) is 17.3. The molecule has 5 unspecified atom stereocenters. The number of hydrogen-bond acceptors (Lipinski definition) is 8. The molecular weight excluding hydrogens is 1390 g/mol. The Balaban J connectivity index is 0.000000112. The van der Waals surface area contributed by atoms with Gasteiger partial charge in [0.15, 0.2) is 5.78 Å². The van der Waals surface area contributed by atoms with E-state index in [1.54, 1.807) is 13.8 Å². The van der Waals surface area contributed by atoms with Crippen molar-refractivity contribution in [1.82, 2.24) is 35.6 Å². The summed E-state index contributed by atoms with van der Waals surface area (Å²) in [6.45, 7) is 20.5. The zero-order valence-electron chi connectivity index (χ0n) is 67.4. The molecule has 0 aliphatic heterocycles. The molecule has 5 aliphatic rings. The minimum absolute atomic E-state index is 0.0442. The maximum Gasteiger partial charge on any atom is 0.340 e. The Kier molecular flexibility index (Phi) is 23.4. The first-order chi connectivity index (χ1) is 54.9. The van der Waals surface area contributed by atoms with E-state index in [1.165, 1.54) is 200 Å². The van der Waals surface area contributed by atoms with E-state index in [9.17, 15) is 14.4 Å². The number of hydrogen-bond donors (Lipinski definition) is 10. The summed E-state index contributed by atoms with van der Waals surface area (Å²) >= 11 is 0. The fourth-order valence-electron chi connectivity index (χ4n) is 18.0.